The third-order valence-electron chi connectivity index (χ3n) is 4.84. The van der Waals surface area contributed by atoms with E-state index in [1.54, 1.807) is 12.1 Å². The van der Waals surface area contributed by atoms with Gasteiger partial charge in [0, 0.05) is 24.7 Å². The first-order valence-electron chi connectivity index (χ1n) is 9.36. The maximum Gasteiger partial charge on any atom is 0.162 e. The maximum absolute atomic E-state index is 10.1. The molecule has 2 aromatic carbocycles. The summed E-state index contributed by atoms with van der Waals surface area (Å²) in [6.07, 6.45) is 1.50. The second-order valence-corrected chi connectivity index (χ2v) is 6.05. The summed E-state index contributed by atoms with van der Waals surface area (Å²) < 4.78 is 0. The van der Waals surface area contributed by atoms with Crippen molar-refractivity contribution in [3.8, 4) is 23.0 Å². The smallest absolute Gasteiger partial charge is 0.162 e. The van der Waals surface area contributed by atoms with Crippen LogP contribution in [0, 0.1) is 0 Å². The van der Waals surface area contributed by atoms with E-state index in [9.17, 15) is 20.4 Å². The largest absolute Gasteiger partial charge is 0.504 e. The van der Waals surface area contributed by atoms with Gasteiger partial charge < -0.3 is 20.4 Å². The van der Waals surface area contributed by atoms with Crippen LogP contribution in [0.1, 0.15) is 56.0 Å². The van der Waals surface area contributed by atoms with Gasteiger partial charge in [-0.05, 0) is 47.7 Å². The molecule has 2 aliphatic rings. The number of hydrogen-bond acceptors (Lipinski definition) is 5. The van der Waals surface area contributed by atoms with Crippen molar-refractivity contribution < 1.29 is 20.4 Å². The summed E-state index contributed by atoms with van der Waals surface area (Å²) in [7, 11) is 0. The molecule has 2 aliphatic heterocycles. The SMILES string of the molecule is CC.CC.Oc1cc2c(cc1O)C1Cc3ccc(O)c(O)c3CN1CC2. The number of nitrogens with zero attached hydrogens (tertiary/aromatic N) is 1. The van der Waals surface area contributed by atoms with Gasteiger partial charge in [-0.15, -0.1) is 0 Å². The lowest BCUT2D eigenvalue weighted by atomic mass is 9.83. The Bertz CT molecular complexity index is 773. The van der Waals surface area contributed by atoms with Gasteiger partial charge in [0.25, 0.3) is 0 Å². The predicted molar refractivity (Wildman–Crippen MR) is 103 cm³/mol. The van der Waals surface area contributed by atoms with E-state index in [-0.39, 0.29) is 29.0 Å². The molecule has 0 bridgehead atoms. The second-order valence-electron chi connectivity index (χ2n) is 6.05. The molecule has 0 radical (unpaired) electrons. The third-order valence-corrected chi connectivity index (χ3v) is 4.84. The summed E-state index contributed by atoms with van der Waals surface area (Å²) in [5.41, 5.74) is 3.88. The van der Waals surface area contributed by atoms with Crippen molar-refractivity contribution in [2.24, 2.45) is 0 Å². The van der Waals surface area contributed by atoms with Crippen LogP contribution in [0.15, 0.2) is 24.3 Å². The molecule has 5 heteroatoms. The first-order chi connectivity index (χ1) is 12.5. The van der Waals surface area contributed by atoms with Gasteiger partial charge in [-0.3, -0.25) is 4.90 Å². The van der Waals surface area contributed by atoms with Gasteiger partial charge in [0.05, 0.1) is 0 Å². The van der Waals surface area contributed by atoms with Crippen molar-refractivity contribution in [2.45, 2.75) is 53.1 Å². The number of aromatic hydroxyl groups is 4. The summed E-state index contributed by atoms with van der Waals surface area (Å²) >= 11 is 0. The van der Waals surface area contributed by atoms with Crippen molar-refractivity contribution >= 4 is 0 Å². The van der Waals surface area contributed by atoms with Crippen molar-refractivity contribution in [1.82, 2.24) is 4.90 Å². The molecule has 0 amide bonds. The topological polar surface area (TPSA) is 84.2 Å². The zero-order valence-corrected chi connectivity index (χ0v) is 16.0. The fraction of sp³-hybridized carbons (Fsp3) is 0.429. The van der Waals surface area contributed by atoms with Crippen LogP contribution in [0.3, 0.4) is 0 Å². The van der Waals surface area contributed by atoms with Gasteiger partial charge in [0.15, 0.2) is 23.0 Å². The van der Waals surface area contributed by atoms with Gasteiger partial charge in [0.1, 0.15) is 0 Å². The Labute approximate surface area is 155 Å². The second kappa shape index (κ2) is 8.32. The zero-order valence-electron chi connectivity index (χ0n) is 16.0. The highest BCUT2D eigenvalue weighted by atomic mass is 16.3. The van der Waals surface area contributed by atoms with Crippen molar-refractivity contribution in [3.63, 3.8) is 0 Å². The van der Waals surface area contributed by atoms with Gasteiger partial charge in [-0.2, -0.15) is 0 Å². The Hall–Kier alpha value is -2.40. The minimum Gasteiger partial charge on any atom is -0.504 e. The average Bonchev–Trinajstić information content (AvgIpc) is 2.68. The number of benzene rings is 2. The summed E-state index contributed by atoms with van der Waals surface area (Å²) in [4.78, 5) is 2.24. The summed E-state index contributed by atoms with van der Waals surface area (Å²) in [6, 6.07) is 6.77. The van der Waals surface area contributed by atoms with Gasteiger partial charge in [-0.1, -0.05) is 33.8 Å². The molecule has 0 aromatic heterocycles. The normalized spacial score (nSPS) is 17.5. The summed E-state index contributed by atoms with van der Waals surface area (Å²) in [6.45, 7) is 9.39. The van der Waals surface area contributed by atoms with Crippen LogP contribution in [-0.4, -0.2) is 31.9 Å². The predicted octanol–water partition coefficient (Wildman–Crippen LogP) is 4.22. The molecule has 4 rings (SSSR count). The molecule has 0 saturated carbocycles. The maximum atomic E-state index is 10.1. The number of hydrogen-bond donors (Lipinski definition) is 4. The van der Waals surface area contributed by atoms with Gasteiger partial charge >= 0.3 is 0 Å². The van der Waals surface area contributed by atoms with E-state index < -0.39 is 0 Å². The summed E-state index contributed by atoms with van der Waals surface area (Å²) in [5.74, 6) is -0.293. The monoisotopic (exact) mass is 359 g/mol. The van der Waals surface area contributed by atoms with E-state index in [0.717, 1.165) is 35.2 Å². The van der Waals surface area contributed by atoms with Crippen LogP contribution in [0.5, 0.6) is 23.0 Å². The van der Waals surface area contributed by atoms with E-state index in [1.165, 1.54) is 6.07 Å². The fourth-order valence-corrected chi connectivity index (χ4v) is 3.65. The average molecular weight is 359 g/mol. The van der Waals surface area contributed by atoms with Crippen LogP contribution in [0.4, 0.5) is 0 Å². The molecular formula is C21H29NO4. The number of rotatable bonds is 0. The van der Waals surface area contributed by atoms with E-state index >= 15 is 0 Å². The Morgan fingerprint density at radius 1 is 0.846 bits per heavy atom. The number of phenolic OH excluding ortho intramolecular Hbond substituents is 4. The Kier molecular flexibility index (Phi) is 6.37. The van der Waals surface area contributed by atoms with Crippen LogP contribution in [0.25, 0.3) is 0 Å². The molecule has 5 nitrogen and oxygen atoms in total. The van der Waals surface area contributed by atoms with Crippen LogP contribution >= 0.6 is 0 Å². The minimum absolute atomic E-state index is 0.0321. The van der Waals surface area contributed by atoms with E-state index in [0.29, 0.717) is 13.0 Å². The minimum atomic E-state index is -0.0973. The lowest BCUT2D eigenvalue weighted by Crippen LogP contribution is -2.39. The Morgan fingerprint density at radius 3 is 2.19 bits per heavy atom. The standard InChI is InChI=1S/C17H17NO4.2C2H6/c19-14-2-1-9-5-13-11-7-16(21)15(20)6-10(11)3-4-18(13)8-12(9)17(14)22;2*1-2/h1-2,6-7,13,19-22H,3-5,8H2;2*1-2H3. The summed E-state index contributed by atoms with van der Waals surface area (Å²) in [5, 5.41) is 39.2. The Morgan fingerprint density at radius 2 is 1.50 bits per heavy atom. The van der Waals surface area contributed by atoms with E-state index in [4.69, 9.17) is 0 Å². The molecule has 2 heterocycles. The van der Waals surface area contributed by atoms with Crippen molar-refractivity contribution in [1.29, 1.82) is 0 Å². The molecule has 0 fully saturated rings. The molecule has 1 unspecified atom stereocenters. The molecule has 2 aromatic rings. The number of fused-ring (bicyclic) bond motifs is 4. The molecule has 0 spiro atoms. The third kappa shape index (κ3) is 3.44. The highest BCUT2D eigenvalue weighted by Gasteiger charge is 2.34. The molecular weight excluding hydrogens is 330 g/mol. The molecule has 142 valence electrons. The molecule has 0 saturated heterocycles. The Balaban J connectivity index is 0.000000570. The molecule has 4 N–H and O–H groups in total. The van der Waals surface area contributed by atoms with Crippen LogP contribution in [-0.2, 0) is 19.4 Å². The van der Waals surface area contributed by atoms with Crippen LogP contribution < -0.4 is 0 Å². The van der Waals surface area contributed by atoms with Gasteiger partial charge in [-0.25, -0.2) is 0 Å². The highest BCUT2D eigenvalue weighted by molar-refractivity contribution is 5.53. The molecule has 26 heavy (non-hydrogen) atoms. The van der Waals surface area contributed by atoms with Crippen LogP contribution in [0.2, 0.25) is 0 Å². The number of phenols is 4. The first kappa shape index (κ1) is 19.9. The van der Waals surface area contributed by atoms with Crippen molar-refractivity contribution in [3.05, 3.63) is 46.5 Å². The van der Waals surface area contributed by atoms with Crippen molar-refractivity contribution in [2.75, 3.05) is 6.54 Å². The van der Waals surface area contributed by atoms with E-state index in [2.05, 4.69) is 4.90 Å². The molecule has 0 aliphatic carbocycles. The highest BCUT2D eigenvalue weighted by Crippen LogP contribution is 2.44. The quantitative estimate of drug-likeness (QED) is 0.529. The molecule has 1 atom stereocenters. The van der Waals surface area contributed by atoms with E-state index in [1.807, 2.05) is 33.8 Å². The van der Waals surface area contributed by atoms with Gasteiger partial charge in [0.2, 0.25) is 0 Å². The first-order valence-corrected chi connectivity index (χ1v) is 9.36. The fourth-order valence-electron chi connectivity index (χ4n) is 3.65. The lowest BCUT2D eigenvalue weighted by molar-refractivity contribution is 0.157. The zero-order chi connectivity index (χ0) is 19.4. The lowest BCUT2D eigenvalue weighted by Gasteiger charge is -2.41.